The van der Waals surface area contributed by atoms with E-state index in [1.54, 1.807) is 30.5 Å². The molecular formula is C20H15ClFN3O2S. The number of thiazole rings is 1. The molecule has 2 aromatic carbocycles. The highest BCUT2D eigenvalue weighted by molar-refractivity contribution is 7.11. The number of hydrogen-bond donors (Lipinski definition) is 1. The van der Waals surface area contributed by atoms with Gasteiger partial charge in [-0.1, -0.05) is 11.6 Å². The van der Waals surface area contributed by atoms with Crippen molar-refractivity contribution in [2.45, 2.75) is 0 Å². The van der Waals surface area contributed by atoms with E-state index >= 15 is 0 Å². The van der Waals surface area contributed by atoms with E-state index in [0.29, 0.717) is 38.5 Å². The van der Waals surface area contributed by atoms with Gasteiger partial charge in [-0.05, 0) is 24.3 Å². The van der Waals surface area contributed by atoms with E-state index in [-0.39, 0.29) is 5.82 Å². The summed E-state index contributed by atoms with van der Waals surface area (Å²) in [6.07, 6.45) is 1.54. The van der Waals surface area contributed by atoms with Crippen LogP contribution in [0.4, 0.5) is 10.1 Å². The summed E-state index contributed by atoms with van der Waals surface area (Å²) >= 11 is 7.43. The van der Waals surface area contributed by atoms with Crippen LogP contribution in [0.5, 0.6) is 11.5 Å². The Morgan fingerprint density at radius 1 is 1.21 bits per heavy atom. The van der Waals surface area contributed by atoms with E-state index in [1.165, 1.54) is 37.7 Å². The average molecular weight is 416 g/mol. The van der Waals surface area contributed by atoms with Gasteiger partial charge in [0.2, 0.25) is 0 Å². The van der Waals surface area contributed by atoms with Crippen LogP contribution in [0.3, 0.4) is 0 Å². The third-order valence-corrected chi connectivity index (χ3v) is 5.01. The second-order valence-corrected chi connectivity index (χ2v) is 6.81. The van der Waals surface area contributed by atoms with Gasteiger partial charge in [0.05, 0.1) is 30.6 Å². The van der Waals surface area contributed by atoms with E-state index in [9.17, 15) is 9.65 Å². The average Bonchev–Trinajstić information content (AvgIpc) is 3.19. The molecule has 28 heavy (non-hydrogen) atoms. The number of benzene rings is 2. The molecule has 0 aliphatic heterocycles. The standard InChI is InChI=1S/C20H15ClFN3O2S/c1-26-18-8-16(19(27-2)7-15(18)21)24-10-13(9-23)20-25-17(11-28-20)12-3-5-14(22)6-4-12/h3-8,10-11,24H,1-2H3/b13-10-. The van der Waals surface area contributed by atoms with Crippen molar-refractivity contribution in [2.24, 2.45) is 0 Å². The summed E-state index contributed by atoms with van der Waals surface area (Å²) in [5.74, 6) is 0.670. The lowest BCUT2D eigenvalue weighted by Crippen LogP contribution is -1.96. The lowest BCUT2D eigenvalue weighted by molar-refractivity contribution is 0.405. The van der Waals surface area contributed by atoms with Gasteiger partial charge in [0, 0.05) is 29.3 Å². The SMILES string of the molecule is COc1cc(N/C=C(/C#N)c2nc(-c3ccc(F)cc3)cs2)c(OC)cc1Cl. The van der Waals surface area contributed by atoms with Crippen LogP contribution in [0, 0.1) is 17.1 Å². The molecule has 0 saturated heterocycles. The molecule has 8 heteroatoms. The Morgan fingerprint density at radius 2 is 1.93 bits per heavy atom. The van der Waals surface area contributed by atoms with Crippen LogP contribution < -0.4 is 14.8 Å². The summed E-state index contributed by atoms with van der Waals surface area (Å²) in [5, 5.41) is 15.3. The van der Waals surface area contributed by atoms with Crippen LogP contribution >= 0.6 is 22.9 Å². The number of allylic oxidation sites excluding steroid dienone is 1. The minimum absolute atomic E-state index is 0.312. The van der Waals surface area contributed by atoms with Gasteiger partial charge in [-0.25, -0.2) is 9.37 Å². The van der Waals surface area contributed by atoms with Crippen molar-refractivity contribution in [3.8, 4) is 28.8 Å². The van der Waals surface area contributed by atoms with Gasteiger partial charge in [0.15, 0.2) is 0 Å². The van der Waals surface area contributed by atoms with Crippen molar-refractivity contribution in [1.82, 2.24) is 4.98 Å². The highest BCUT2D eigenvalue weighted by Gasteiger charge is 2.12. The number of hydrogen-bond acceptors (Lipinski definition) is 6. The smallest absolute Gasteiger partial charge is 0.144 e. The quantitative estimate of drug-likeness (QED) is 0.531. The zero-order chi connectivity index (χ0) is 20.1. The maximum absolute atomic E-state index is 13.1. The summed E-state index contributed by atoms with van der Waals surface area (Å²) in [5.41, 5.74) is 2.38. The number of rotatable bonds is 6. The van der Waals surface area contributed by atoms with Crippen molar-refractivity contribution >= 4 is 34.2 Å². The Kier molecular flexibility index (Phi) is 6.14. The van der Waals surface area contributed by atoms with E-state index in [4.69, 9.17) is 21.1 Å². The first-order valence-electron chi connectivity index (χ1n) is 8.06. The Morgan fingerprint density at radius 3 is 2.57 bits per heavy atom. The van der Waals surface area contributed by atoms with Crippen LogP contribution in [0.1, 0.15) is 5.01 Å². The Bertz CT molecular complexity index is 1060. The predicted octanol–water partition coefficient (Wildman–Crippen LogP) is 5.60. The minimum atomic E-state index is -0.312. The Balaban J connectivity index is 1.88. The monoisotopic (exact) mass is 415 g/mol. The number of anilines is 1. The van der Waals surface area contributed by atoms with Crippen LogP contribution in [0.15, 0.2) is 48.0 Å². The van der Waals surface area contributed by atoms with Crippen LogP contribution in [-0.2, 0) is 0 Å². The number of ether oxygens (including phenoxy) is 2. The molecule has 1 aromatic heterocycles. The molecule has 0 bridgehead atoms. The van der Waals surface area contributed by atoms with Crippen molar-refractivity contribution in [3.05, 3.63) is 63.8 Å². The first-order valence-corrected chi connectivity index (χ1v) is 9.31. The second-order valence-electron chi connectivity index (χ2n) is 5.55. The molecule has 0 saturated carbocycles. The maximum Gasteiger partial charge on any atom is 0.144 e. The molecule has 5 nitrogen and oxygen atoms in total. The number of aromatic nitrogens is 1. The normalized spacial score (nSPS) is 11.0. The van der Waals surface area contributed by atoms with Crippen molar-refractivity contribution < 1.29 is 13.9 Å². The van der Waals surface area contributed by atoms with Gasteiger partial charge in [-0.3, -0.25) is 0 Å². The van der Waals surface area contributed by atoms with Crippen molar-refractivity contribution in [2.75, 3.05) is 19.5 Å². The predicted molar refractivity (Wildman–Crippen MR) is 109 cm³/mol. The summed E-state index contributed by atoms with van der Waals surface area (Å²) < 4.78 is 23.6. The molecule has 0 fully saturated rings. The zero-order valence-electron chi connectivity index (χ0n) is 15.0. The fourth-order valence-electron chi connectivity index (χ4n) is 2.42. The van der Waals surface area contributed by atoms with Crippen molar-refractivity contribution in [3.63, 3.8) is 0 Å². The number of nitrogens with zero attached hydrogens (tertiary/aromatic N) is 2. The lowest BCUT2D eigenvalue weighted by atomic mass is 10.2. The van der Waals surface area contributed by atoms with Crippen LogP contribution in [-0.4, -0.2) is 19.2 Å². The van der Waals surface area contributed by atoms with Gasteiger partial charge >= 0.3 is 0 Å². The topological polar surface area (TPSA) is 67.2 Å². The van der Waals surface area contributed by atoms with Gasteiger partial charge in [-0.2, -0.15) is 5.26 Å². The van der Waals surface area contributed by atoms with E-state index < -0.39 is 0 Å². The molecule has 0 amide bonds. The van der Waals surface area contributed by atoms with Crippen LogP contribution in [0.2, 0.25) is 5.02 Å². The third kappa shape index (κ3) is 4.25. The maximum atomic E-state index is 13.1. The molecule has 3 rings (SSSR count). The van der Waals surface area contributed by atoms with Gasteiger partial charge in [-0.15, -0.1) is 11.3 Å². The molecule has 0 atom stereocenters. The second kappa shape index (κ2) is 8.74. The number of nitriles is 1. The Labute approximate surface area is 170 Å². The van der Waals surface area contributed by atoms with E-state index in [2.05, 4.69) is 16.4 Å². The molecule has 0 radical (unpaired) electrons. The molecule has 0 unspecified atom stereocenters. The first kappa shape index (κ1) is 19.7. The fourth-order valence-corrected chi connectivity index (χ4v) is 3.44. The summed E-state index contributed by atoms with van der Waals surface area (Å²) in [6, 6.07) is 11.5. The van der Waals surface area contributed by atoms with E-state index in [1.807, 2.05) is 5.38 Å². The summed E-state index contributed by atoms with van der Waals surface area (Å²) in [7, 11) is 3.04. The summed E-state index contributed by atoms with van der Waals surface area (Å²) in [4.78, 5) is 4.47. The largest absolute Gasteiger partial charge is 0.495 e. The number of methoxy groups -OCH3 is 2. The number of nitrogens with one attached hydrogen (secondary N) is 1. The highest BCUT2D eigenvalue weighted by Crippen LogP contribution is 2.36. The molecule has 3 aromatic rings. The van der Waals surface area contributed by atoms with Gasteiger partial charge < -0.3 is 14.8 Å². The molecule has 0 aliphatic carbocycles. The zero-order valence-corrected chi connectivity index (χ0v) is 16.6. The van der Waals surface area contributed by atoms with Crippen LogP contribution in [0.25, 0.3) is 16.8 Å². The number of halogens is 2. The molecule has 0 aliphatic rings. The van der Waals surface area contributed by atoms with Gasteiger partial charge in [0.25, 0.3) is 0 Å². The molecule has 1 heterocycles. The first-order chi connectivity index (χ1) is 13.5. The minimum Gasteiger partial charge on any atom is -0.495 e. The molecule has 1 N–H and O–H groups in total. The Hall–Kier alpha value is -3.08. The van der Waals surface area contributed by atoms with Gasteiger partial charge in [0.1, 0.15) is 34.0 Å². The lowest BCUT2D eigenvalue weighted by Gasteiger charge is -2.12. The highest BCUT2D eigenvalue weighted by atomic mass is 35.5. The third-order valence-electron chi connectivity index (χ3n) is 3.84. The summed E-state index contributed by atoms with van der Waals surface area (Å²) in [6.45, 7) is 0. The fraction of sp³-hybridized carbons (Fsp3) is 0.100. The molecular weight excluding hydrogens is 401 g/mol. The van der Waals surface area contributed by atoms with E-state index in [0.717, 1.165) is 5.56 Å². The molecule has 142 valence electrons. The molecule has 0 spiro atoms. The van der Waals surface area contributed by atoms with Crippen molar-refractivity contribution in [1.29, 1.82) is 5.26 Å².